The summed E-state index contributed by atoms with van der Waals surface area (Å²) < 4.78 is 5.39. The molecule has 0 spiro atoms. The highest BCUT2D eigenvalue weighted by molar-refractivity contribution is 5.94. The van der Waals surface area contributed by atoms with Gasteiger partial charge in [0.05, 0.1) is 26.0 Å². The van der Waals surface area contributed by atoms with E-state index in [2.05, 4.69) is 43.0 Å². The average molecular weight is 468 g/mol. The molecule has 4 aromatic rings. The molecule has 1 fully saturated rings. The molecule has 176 valence electrons. The molecular weight excluding hydrogens is 442 g/mol. The maximum atomic E-state index is 12.4. The van der Waals surface area contributed by atoms with Crippen molar-refractivity contribution in [3.05, 3.63) is 95.6 Å². The van der Waals surface area contributed by atoms with Gasteiger partial charge in [-0.15, -0.1) is 10.2 Å². The smallest absolute Gasteiger partial charge is 0.271 e. The first kappa shape index (κ1) is 22.4. The minimum absolute atomic E-state index is 0.275. The minimum Gasteiger partial charge on any atom is -0.378 e. The predicted octanol–water partition coefficient (Wildman–Crippen LogP) is 2.99. The Hall–Kier alpha value is -4.37. The molecule has 9 nitrogen and oxygen atoms in total. The van der Waals surface area contributed by atoms with E-state index < -0.39 is 0 Å². The monoisotopic (exact) mass is 467 g/mol. The zero-order chi connectivity index (χ0) is 23.9. The van der Waals surface area contributed by atoms with Crippen molar-refractivity contribution in [1.82, 2.24) is 25.6 Å². The fourth-order valence-corrected chi connectivity index (χ4v) is 3.76. The number of hydrogen-bond donors (Lipinski definition) is 1. The maximum absolute atomic E-state index is 12.4. The molecule has 0 radical (unpaired) electrons. The van der Waals surface area contributed by atoms with E-state index in [4.69, 9.17) is 4.74 Å². The molecule has 5 rings (SSSR count). The van der Waals surface area contributed by atoms with Gasteiger partial charge in [-0.05, 0) is 40.6 Å². The third kappa shape index (κ3) is 5.77. The van der Waals surface area contributed by atoms with Crippen LogP contribution in [0.3, 0.4) is 0 Å². The van der Waals surface area contributed by atoms with Gasteiger partial charge in [0.2, 0.25) is 5.82 Å². The number of morpholine rings is 1. The number of benzene rings is 3. The Balaban J connectivity index is 1.14. The normalized spacial score (nSPS) is 13.8. The average Bonchev–Trinajstić information content (AvgIpc) is 3.39. The Morgan fingerprint density at radius 3 is 2.46 bits per heavy atom. The molecule has 1 aliphatic rings. The molecule has 3 aromatic carbocycles. The SMILES string of the molecule is O=C(N/N=C/c1ccc(N2CCOCC2)cc1)c1ccc(Cn2nnc(-c3ccccc3)n2)cc1. The number of rotatable bonds is 7. The van der Waals surface area contributed by atoms with Gasteiger partial charge in [-0.2, -0.15) is 9.90 Å². The van der Waals surface area contributed by atoms with E-state index in [-0.39, 0.29) is 5.91 Å². The Bertz CT molecular complexity index is 1280. The van der Waals surface area contributed by atoms with Crippen LogP contribution < -0.4 is 10.3 Å². The molecule has 0 saturated carbocycles. The van der Waals surface area contributed by atoms with Crippen LogP contribution in [0.2, 0.25) is 0 Å². The number of carbonyl (C=O) groups is 1. The summed E-state index contributed by atoms with van der Waals surface area (Å²) in [5.74, 6) is 0.304. The molecule has 1 amide bonds. The van der Waals surface area contributed by atoms with E-state index in [0.717, 1.165) is 48.7 Å². The van der Waals surface area contributed by atoms with Crippen LogP contribution in [-0.2, 0) is 11.3 Å². The molecule has 35 heavy (non-hydrogen) atoms. The van der Waals surface area contributed by atoms with Crippen LogP contribution in [0.5, 0.6) is 0 Å². The second-order valence-corrected chi connectivity index (χ2v) is 8.10. The molecule has 0 unspecified atom stereocenters. The van der Waals surface area contributed by atoms with E-state index in [1.165, 1.54) is 4.80 Å². The Kier molecular flexibility index (Phi) is 6.86. The van der Waals surface area contributed by atoms with Gasteiger partial charge < -0.3 is 9.64 Å². The summed E-state index contributed by atoms with van der Waals surface area (Å²) in [4.78, 5) is 16.3. The zero-order valence-electron chi connectivity index (χ0n) is 19.1. The number of carbonyl (C=O) groups excluding carboxylic acids is 1. The van der Waals surface area contributed by atoms with Crippen molar-refractivity contribution in [2.45, 2.75) is 6.54 Å². The number of amides is 1. The second kappa shape index (κ2) is 10.7. The molecule has 1 aliphatic heterocycles. The fourth-order valence-electron chi connectivity index (χ4n) is 3.76. The van der Waals surface area contributed by atoms with Crippen molar-refractivity contribution >= 4 is 17.8 Å². The number of hydrogen-bond acceptors (Lipinski definition) is 7. The summed E-state index contributed by atoms with van der Waals surface area (Å²) in [6, 6.07) is 25.0. The number of anilines is 1. The standard InChI is InChI=1S/C26H25N7O2/c34-26(29-27-18-20-8-12-24(13-9-20)32-14-16-35-17-15-32)23-10-6-21(7-11-23)19-33-30-25(28-31-33)22-4-2-1-3-5-22/h1-13,18H,14-17,19H2,(H,29,34)/b27-18+. The molecule has 1 aromatic heterocycles. The molecule has 2 heterocycles. The third-order valence-electron chi connectivity index (χ3n) is 5.67. The van der Waals surface area contributed by atoms with Crippen molar-refractivity contribution in [3.63, 3.8) is 0 Å². The van der Waals surface area contributed by atoms with Gasteiger partial charge in [0, 0.05) is 29.9 Å². The van der Waals surface area contributed by atoms with Crippen LogP contribution in [0.25, 0.3) is 11.4 Å². The highest BCUT2D eigenvalue weighted by Crippen LogP contribution is 2.16. The second-order valence-electron chi connectivity index (χ2n) is 8.10. The van der Waals surface area contributed by atoms with Crippen molar-refractivity contribution in [2.24, 2.45) is 5.10 Å². The van der Waals surface area contributed by atoms with Crippen LogP contribution in [0.15, 0.2) is 84.0 Å². The van der Waals surface area contributed by atoms with Crippen LogP contribution >= 0.6 is 0 Å². The van der Waals surface area contributed by atoms with E-state index in [0.29, 0.717) is 17.9 Å². The fraction of sp³-hybridized carbons (Fsp3) is 0.192. The number of ether oxygens (including phenoxy) is 1. The minimum atomic E-state index is -0.275. The van der Waals surface area contributed by atoms with Crippen molar-refractivity contribution in [2.75, 3.05) is 31.2 Å². The van der Waals surface area contributed by atoms with E-state index >= 15 is 0 Å². The number of tetrazole rings is 1. The van der Waals surface area contributed by atoms with Crippen LogP contribution in [0, 0.1) is 0 Å². The molecule has 9 heteroatoms. The molecular formula is C26H25N7O2. The van der Waals surface area contributed by atoms with Gasteiger partial charge >= 0.3 is 0 Å². The molecule has 0 atom stereocenters. The van der Waals surface area contributed by atoms with Gasteiger partial charge in [0.15, 0.2) is 0 Å². The summed E-state index contributed by atoms with van der Waals surface area (Å²) >= 11 is 0. The Labute approximate surface area is 203 Å². The zero-order valence-corrected chi connectivity index (χ0v) is 19.1. The molecule has 1 saturated heterocycles. The quantitative estimate of drug-likeness (QED) is 0.332. The van der Waals surface area contributed by atoms with Crippen LogP contribution in [-0.4, -0.2) is 58.6 Å². The lowest BCUT2D eigenvalue weighted by Gasteiger charge is -2.28. The maximum Gasteiger partial charge on any atom is 0.271 e. The Morgan fingerprint density at radius 2 is 1.71 bits per heavy atom. The lowest BCUT2D eigenvalue weighted by Crippen LogP contribution is -2.36. The van der Waals surface area contributed by atoms with Crippen LogP contribution in [0.4, 0.5) is 5.69 Å². The molecule has 0 bridgehead atoms. The molecule has 0 aliphatic carbocycles. The van der Waals surface area contributed by atoms with Gasteiger partial charge in [-0.25, -0.2) is 5.43 Å². The summed E-state index contributed by atoms with van der Waals surface area (Å²) in [6.45, 7) is 3.75. The summed E-state index contributed by atoms with van der Waals surface area (Å²) in [5.41, 5.74) is 7.04. The summed E-state index contributed by atoms with van der Waals surface area (Å²) in [5, 5.41) is 16.7. The largest absolute Gasteiger partial charge is 0.378 e. The summed E-state index contributed by atoms with van der Waals surface area (Å²) in [6.07, 6.45) is 1.63. The van der Waals surface area contributed by atoms with E-state index in [1.807, 2.05) is 54.6 Å². The van der Waals surface area contributed by atoms with Crippen molar-refractivity contribution < 1.29 is 9.53 Å². The van der Waals surface area contributed by atoms with Crippen molar-refractivity contribution in [3.8, 4) is 11.4 Å². The highest BCUT2D eigenvalue weighted by Gasteiger charge is 2.11. The first-order valence-corrected chi connectivity index (χ1v) is 11.4. The van der Waals surface area contributed by atoms with E-state index in [9.17, 15) is 4.79 Å². The first-order valence-electron chi connectivity index (χ1n) is 11.4. The lowest BCUT2D eigenvalue weighted by atomic mass is 10.1. The Morgan fingerprint density at radius 1 is 0.971 bits per heavy atom. The van der Waals surface area contributed by atoms with Crippen LogP contribution in [0.1, 0.15) is 21.5 Å². The number of nitrogens with zero attached hydrogens (tertiary/aromatic N) is 6. The number of aromatic nitrogens is 4. The van der Waals surface area contributed by atoms with Gasteiger partial charge in [0.25, 0.3) is 5.91 Å². The number of nitrogens with one attached hydrogen (secondary N) is 1. The summed E-state index contributed by atoms with van der Waals surface area (Å²) in [7, 11) is 0. The topological polar surface area (TPSA) is 97.5 Å². The van der Waals surface area contributed by atoms with Gasteiger partial charge in [-0.1, -0.05) is 54.6 Å². The third-order valence-corrected chi connectivity index (χ3v) is 5.67. The molecule has 1 N–H and O–H groups in total. The lowest BCUT2D eigenvalue weighted by molar-refractivity contribution is 0.0955. The number of hydrazone groups is 1. The predicted molar refractivity (Wildman–Crippen MR) is 133 cm³/mol. The first-order chi connectivity index (χ1) is 17.2. The van der Waals surface area contributed by atoms with Gasteiger partial charge in [-0.3, -0.25) is 4.79 Å². The van der Waals surface area contributed by atoms with E-state index in [1.54, 1.807) is 18.3 Å². The van der Waals surface area contributed by atoms with Crippen molar-refractivity contribution in [1.29, 1.82) is 0 Å². The van der Waals surface area contributed by atoms with Gasteiger partial charge in [0.1, 0.15) is 0 Å². The highest BCUT2D eigenvalue weighted by atomic mass is 16.5.